The number of nitrogens with one attached hydrogen (secondary N) is 3. The fraction of sp³-hybridized carbons (Fsp3) is 0.450. The van der Waals surface area contributed by atoms with Gasteiger partial charge < -0.3 is 37.0 Å². The number of nitrogens with two attached hydrogens (primary N) is 1. The number of aliphatic carboxylic acids is 2. The highest BCUT2D eigenvalue weighted by Gasteiger charge is 2.27. The predicted octanol–water partition coefficient (Wildman–Crippen LogP) is -1.44. The fourth-order valence-electron chi connectivity index (χ4n) is 2.56. The molecular weight excluding hydrogens is 424 g/mol. The number of carboxylic acid groups (broad SMARTS) is 2. The zero-order chi connectivity index (χ0) is 24.4. The summed E-state index contributed by atoms with van der Waals surface area (Å²) in [5, 5.41) is 33.9. The van der Waals surface area contributed by atoms with Crippen molar-refractivity contribution in [2.24, 2.45) is 11.7 Å². The number of amides is 3. The molecule has 0 heterocycles. The van der Waals surface area contributed by atoms with E-state index in [0.717, 1.165) is 0 Å². The van der Waals surface area contributed by atoms with Gasteiger partial charge in [0.2, 0.25) is 17.7 Å². The van der Waals surface area contributed by atoms with E-state index in [0.29, 0.717) is 5.56 Å². The summed E-state index contributed by atoms with van der Waals surface area (Å²) in [5.74, 6) is -5.35. The zero-order valence-electron chi connectivity index (χ0n) is 17.7. The molecule has 0 fully saturated rings. The third-order valence-electron chi connectivity index (χ3n) is 4.47. The first kappa shape index (κ1) is 26.4. The highest BCUT2D eigenvalue weighted by atomic mass is 16.4. The molecule has 8 N–H and O–H groups in total. The summed E-state index contributed by atoms with van der Waals surface area (Å²) in [7, 11) is 0. The van der Waals surface area contributed by atoms with Crippen LogP contribution < -0.4 is 21.7 Å². The van der Waals surface area contributed by atoms with Crippen LogP contribution in [0, 0.1) is 5.92 Å². The molecule has 12 nitrogen and oxygen atoms in total. The summed E-state index contributed by atoms with van der Waals surface area (Å²) >= 11 is 0. The molecule has 0 spiro atoms. The molecule has 3 amide bonds. The molecule has 0 aliphatic rings. The molecule has 176 valence electrons. The van der Waals surface area contributed by atoms with Crippen LogP contribution in [0.4, 0.5) is 0 Å². The smallest absolute Gasteiger partial charge is 0.326 e. The lowest BCUT2D eigenvalue weighted by atomic mass is 10.0. The Morgan fingerprint density at radius 2 is 1.53 bits per heavy atom. The molecule has 12 heteroatoms. The molecule has 1 aromatic rings. The van der Waals surface area contributed by atoms with Crippen molar-refractivity contribution < 1.29 is 39.3 Å². The standard InChI is InChI=1S/C20H28N4O8/c1-10(2)17(21)19(30)24-13(7-11-3-5-12(25)6-4-11)18(29)22-9-15(26)23-14(20(31)32)8-16(27)28/h3-6,10,13-14,17,25H,7-9,21H2,1-2H3,(H,22,29)(H,23,26)(H,24,30)(H,27,28)(H,31,32)/t13-,14-,17-/m0/s1. The van der Waals surface area contributed by atoms with Crippen LogP contribution in [0.5, 0.6) is 5.75 Å². The molecule has 0 aliphatic heterocycles. The van der Waals surface area contributed by atoms with Gasteiger partial charge in [-0.25, -0.2) is 4.79 Å². The largest absolute Gasteiger partial charge is 0.508 e. The summed E-state index contributed by atoms with van der Waals surface area (Å²) in [6.07, 6.45) is -0.803. The Kier molecular flexibility index (Phi) is 10.1. The Morgan fingerprint density at radius 1 is 0.938 bits per heavy atom. The third-order valence-corrected chi connectivity index (χ3v) is 4.47. The molecule has 0 saturated heterocycles. The molecule has 32 heavy (non-hydrogen) atoms. The van der Waals surface area contributed by atoms with E-state index in [1.807, 2.05) is 5.32 Å². The maximum atomic E-state index is 12.6. The average molecular weight is 452 g/mol. The number of hydrogen-bond acceptors (Lipinski definition) is 7. The lowest BCUT2D eigenvalue weighted by Crippen LogP contribution is -2.55. The highest BCUT2D eigenvalue weighted by molar-refractivity contribution is 5.93. The number of phenols is 1. The Morgan fingerprint density at radius 3 is 2.03 bits per heavy atom. The van der Waals surface area contributed by atoms with Crippen molar-refractivity contribution in [3.8, 4) is 5.75 Å². The van der Waals surface area contributed by atoms with Crippen molar-refractivity contribution in [1.29, 1.82) is 0 Å². The first-order valence-electron chi connectivity index (χ1n) is 9.76. The van der Waals surface area contributed by atoms with Crippen LogP contribution >= 0.6 is 0 Å². The minimum absolute atomic E-state index is 0.0200. The van der Waals surface area contributed by atoms with Crippen molar-refractivity contribution in [2.45, 2.75) is 44.8 Å². The first-order chi connectivity index (χ1) is 14.9. The Labute approximate surface area is 184 Å². The quantitative estimate of drug-likeness (QED) is 0.198. The number of carbonyl (C=O) groups excluding carboxylic acids is 3. The Hall–Kier alpha value is -3.67. The molecule has 3 atom stereocenters. The van der Waals surface area contributed by atoms with E-state index in [1.165, 1.54) is 12.1 Å². The maximum Gasteiger partial charge on any atom is 0.326 e. The average Bonchev–Trinajstić information content (AvgIpc) is 2.71. The van der Waals surface area contributed by atoms with Crippen molar-refractivity contribution in [1.82, 2.24) is 16.0 Å². The summed E-state index contributed by atoms with van der Waals surface area (Å²) in [6.45, 7) is 2.83. The van der Waals surface area contributed by atoms with Gasteiger partial charge in [-0.05, 0) is 23.6 Å². The molecule has 0 saturated carbocycles. The van der Waals surface area contributed by atoms with Gasteiger partial charge >= 0.3 is 11.9 Å². The molecule has 0 aliphatic carbocycles. The topological polar surface area (TPSA) is 208 Å². The monoisotopic (exact) mass is 452 g/mol. The first-order valence-corrected chi connectivity index (χ1v) is 9.76. The zero-order valence-corrected chi connectivity index (χ0v) is 17.7. The Balaban J connectivity index is 2.84. The number of benzene rings is 1. The number of hydrogen-bond donors (Lipinski definition) is 7. The van der Waals surface area contributed by atoms with E-state index in [9.17, 15) is 29.1 Å². The van der Waals surface area contributed by atoms with Crippen LogP contribution in [0.3, 0.4) is 0 Å². The van der Waals surface area contributed by atoms with Crippen molar-refractivity contribution in [2.75, 3.05) is 6.54 Å². The second-order valence-corrected chi connectivity index (χ2v) is 7.48. The van der Waals surface area contributed by atoms with Crippen LogP contribution in [0.15, 0.2) is 24.3 Å². The number of aromatic hydroxyl groups is 1. The van der Waals surface area contributed by atoms with Crippen molar-refractivity contribution in [3.63, 3.8) is 0 Å². The van der Waals surface area contributed by atoms with E-state index >= 15 is 0 Å². The maximum absolute atomic E-state index is 12.6. The van der Waals surface area contributed by atoms with Crippen molar-refractivity contribution in [3.05, 3.63) is 29.8 Å². The molecule has 0 radical (unpaired) electrons. The van der Waals surface area contributed by atoms with Gasteiger partial charge in [0.05, 0.1) is 19.0 Å². The molecule has 0 unspecified atom stereocenters. The van der Waals surface area contributed by atoms with Crippen LogP contribution in [-0.4, -0.2) is 69.7 Å². The van der Waals surface area contributed by atoms with E-state index in [4.69, 9.17) is 15.9 Å². The number of carboxylic acids is 2. The van der Waals surface area contributed by atoms with Gasteiger partial charge in [0.15, 0.2) is 0 Å². The van der Waals surface area contributed by atoms with Crippen LogP contribution in [0.1, 0.15) is 25.8 Å². The Bertz CT molecular complexity index is 841. The molecule has 1 rings (SSSR count). The number of carbonyl (C=O) groups is 5. The van der Waals surface area contributed by atoms with Gasteiger partial charge in [-0.2, -0.15) is 0 Å². The third kappa shape index (κ3) is 9.00. The summed E-state index contributed by atoms with van der Waals surface area (Å²) in [4.78, 5) is 58.7. The van der Waals surface area contributed by atoms with Gasteiger partial charge in [-0.3, -0.25) is 19.2 Å². The fourth-order valence-corrected chi connectivity index (χ4v) is 2.56. The molecule has 0 bridgehead atoms. The lowest BCUT2D eigenvalue weighted by molar-refractivity contribution is -0.147. The van der Waals surface area contributed by atoms with Crippen LogP contribution in [-0.2, 0) is 30.4 Å². The van der Waals surface area contributed by atoms with Gasteiger partial charge in [0.25, 0.3) is 0 Å². The number of rotatable bonds is 12. The SMILES string of the molecule is CC(C)[C@H](N)C(=O)N[C@@H](Cc1ccc(O)cc1)C(=O)NCC(=O)N[C@@H](CC(=O)O)C(=O)O. The van der Waals surface area contributed by atoms with E-state index in [1.54, 1.807) is 26.0 Å². The number of phenolic OH excluding ortho intramolecular Hbond substituents is 1. The molecule has 0 aromatic heterocycles. The molecule has 1 aromatic carbocycles. The van der Waals surface area contributed by atoms with Crippen LogP contribution in [0.25, 0.3) is 0 Å². The van der Waals surface area contributed by atoms with Gasteiger partial charge in [0, 0.05) is 6.42 Å². The van der Waals surface area contributed by atoms with E-state index < -0.39 is 60.8 Å². The minimum atomic E-state index is -1.66. The summed E-state index contributed by atoms with van der Waals surface area (Å²) in [6, 6.07) is 2.29. The summed E-state index contributed by atoms with van der Waals surface area (Å²) in [5.41, 5.74) is 6.43. The lowest BCUT2D eigenvalue weighted by Gasteiger charge is -2.22. The second-order valence-electron chi connectivity index (χ2n) is 7.48. The summed E-state index contributed by atoms with van der Waals surface area (Å²) < 4.78 is 0. The van der Waals surface area contributed by atoms with Gasteiger partial charge in [-0.1, -0.05) is 26.0 Å². The van der Waals surface area contributed by atoms with E-state index in [2.05, 4.69) is 10.6 Å². The predicted molar refractivity (Wildman–Crippen MR) is 111 cm³/mol. The molecular formula is C20H28N4O8. The van der Waals surface area contributed by atoms with Crippen LogP contribution in [0.2, 0.25) is 0 Å². The van der Waals surface area contributed by atoms with Gasteiger partial charge in [0.1, 0.15) is 17.8 Å². The minimum Gasteiger partial charge on any atom is -0.508 e. The van der Waals surface area contributed by atoms with Crippen molar-refractivity contribution >= 4 is 29.7 Å². The van der Waals surface area contributed by atoms with Gasteiger partial charge in [-0.15, -0.1) is 0 Å². The van der Waals surface area contributed by atoms with E-state index in [-0.39, 0.29) is 18.1 Å². The highest BCUT2D eigenvalue weighted by Crippen LogP contribution is 2.12. The normalized spacial score (nSPS) is 13.5. The second kappa shape index (κ2) is 12.2.